The SMILES string of the molecule is CC(C)(O)C(C)(Cc1ccc(C#N)cn1)OB(O)O. The Morgan fingerprint density at radius 3 is 2.37 bits per heavy atom. The van der Waals surface area contributed by atoms with Crippen molar-refractivity contribution in [3.8, 4) is 6.07 Å². The van der Waals surface area contributed by atoms with E-state index >= 15 is 0 Å². The van der Waals surface area contributed by atoms with Gasteiger partial charge in [-0.15, -0.1) is 0 Å². The largest absolute Gasteiger partial charge is 0.634 e. The van der Waals surface area contributed by atoms with Gasteiger partial charge in [0.05, 0.1) is 16.8 Å². The zero-order valence-electron chi connectivity index (χ0n) is 11.2. The second-order valence-electron chi connectivity index (χ2n) is 5.06. The summed E-state index contributed by atoms with van der Waals surface area (Å²) in [5.74, 6) is 0. The summed E-state index contributed by atoms with van der Waals surface area (Å²) in [6.45, 7) is 4.59. The van der Waals surface area contributed by atoms with Gasteiger partial charge >= 0.3 is 7.32 Å². The van der Waals surface area contributed by atoms with E-state index in [4.69, 9.17) is 20.0 Å². The lowest BCUT2D eigenvalue weighted by Gasteiger charge is -2.40. The highest BCUT2D eigenvalue weighted by Gasteiger charge is 2.43. The van der Waals surface area contributed by atoms with Gasteiger partial charge < -0.3 is 19.8 Å². The van der Waals surface area contributed by atoms with Crippen molar-refractivity contribution in [1.82, 2.24) is 4.98 Å². The Hall–Kier alpha value is -1.46. The highest BCUT2D eigenvalue weighted by molar-refractivity contribution is 6.32. The number of nitriles is 1. The second-order valence-corrected chi connectivity index (χ2v) is 5.06. The minimum absolute atomic E-state index is 0.166. The minimum Gasteiger partial charge on any atom is -0.402 e. The van der Waals surface area contributed by atoms with Crippen molar-refractivity contribution in [3.05, 3.63) is 29.6 Å². The van der Waals surface area contributed by atoms with Gasteiger partial charge in [0.25, 0.3) is 0 Å². The van der Waals surface area contributed by atoms with Crippen molar-refractivity contribution >= 4 is 7.32 Å². The first kappa shape index (κ1) is 15.6. The molecule has 1 atom stereocenters. The molecule has 0 aliphatic carbocycles. The summed E-state index contributed by atoms with van der Waals surface area (Å²) in [5.41, 5.74) is -1.55. The van der Waals surface area contributed by atoms with Crippen molar-refractivity contribution < 1.29 is 19.8 Å². The number of pyridine rings is 1. The Bertz CT molecular complexity index is 464. The molecular formula is C12H17BN2O4. The van der Waals surface area contributed by atoms with E-state index in [-0.39, 0.29) is 6.42 Å². The van der Waals surface area contributed by atoms with E-state index < -0.39 is 18.5 Å². The molecule has 0 aliphatic rings. The van der Waals surface area contributed by atoms with E-state index in [2.05, 4.69) is 4.98 Å². The van der Waals surface area contributed by atoms with Gasteiger partial charge in [0.15, 0.2) is 0 Å². The molecule has 6 nitrogen and oxygen atoms in total. The summed E-state index contributed by atoms with van der Waals surface area (Å²) in [7, 11) is -1.99. The van der Waals surface area contributed by atoms with E-state index in [1.54, 1.807) is 19.1 Å². The highest BCUT2D eigenvalue weighted by atomic mass is 16.6. The maximum atomic E-state index is 10.1. The van der Waals surface area contributed by atoms with Crippen LogP contribution in [0, 0.1) is 11.3 Å². The first-order valence-corrected chi connectivity index (χ1v) is 5.79. The lowest BCUT2D eigenvalue weighted by atomic mass is 9.82. The Balaban J connectivity index is 2.97. The monoisotopic (exact) mass is 264 g/mol. The Morgan fingerprint density at radius 2 is 2.00 bits per heavy atom. The molecule has 3 N–H and O–H groups in total. The average Bonchev–Trinajstić information content (AvgIpc) is 2.27. The molecule has 0 bridgehead atoms. The van der Waals surface area contributed by atoms with Crippen LogP contribution >= 0.6 is 0 Å². The zero-order valence-corrected chi connectivity index (χ0v) is 11.2. The van der Waals surface area contributed by atoms with Crippen LogP contribution in [0.4, 0.5) is 0 Å². The third-order valence-corrected chi connectivity index (χ3v) is 3.13. The van der Waals surface area contributed by atoms with Gasteiger partial charge in [0, 0.05) is 18.3 Å². The molecule has 102 valence electrons. The Labute approximate surface area is 112 Å². The van der Waals surface area contributed by atoms with Gasteiger partial charge in [-0.05, 0) is 32.9 Å². The van der Waals surface area contributed by atoms with Gasteiger partial charge in [0.1, 0.15) is 6.07 Å². The first-order chi connectivity index (χ1) is 8.68. The zero-order chi connectivity index (χ0) is 14.7. The van der Waals surface area contributed by atoms with Crippen molar-refractivity contribution in [2.24, 2.45) is 0 Å². The number of aromatic nitrogens is 1. The van der Waals surface area contributed by atoms with E-state index in [0.29, 0.717) is 11.3 Å². The molecule has 0 spiro atoms. The molecule has 0 aromatic carbocycles. The summed E-state index contributed by atoms with van der Waals surface area (Å²) < 4.78 is 5.02. The van der Waals surface area contributed by atoms with Crippen LogP contribution in [-0.4, -0.2) is 38.7 Å². The average molecular weight is 264 g/mol. The van der Waals surface area contributed by atoms with Crippen LogP contribution in [0.3, 0.4) is 0 Å². The van der Waals surface area contributed by atoms with Crippen molar-refractivity contribution in [2.45, 2.75) is 38.4 Å². The molecule has 1 heterocycles. The topological polar surface area (TPSA) is 107 Å². The normalized spacial score (nSPS) is 14.6. The summed E-state index contributed by atoms with van der Waals surface area (Å²) in [6, 6.07) is 5.19. The maximum absolute atomic E-state index is 10.1. The molecule has 7 heteroatoms. The van der Waals surface area contributed by atoms with Gasteiger partial charge in [0.2, 0.25) is 0 Å². The van der Waals surface area contributed by atoms with E-state index in [9.17, 15) is 5.11 Å². The maximum Gasteiger partial charge on any atom is 0.634 e. The van der Waals surface area contributed by atoms with E-state index in [0.717, 1.165) is 0 Å². The fourth-order valence-corrected chi connectivity index (χ4v) is 1.58. The molecule has 0 saturated carbocycles. The summed E-state index contributed by atoms with van der Waals surface area (Å²) in [4.78, 5) is 4.08. The fraction of sp³-hybridized carbons (Fsp3) is 0.500. The summed E-state index contributed by atoms with van der Waals surface area (Å²) >= 11 is 0. The number of hydrogen-bond acceptors (Lipinski definition) is 6. The lowest BCUT2D eigenvalue weighted by molar-refractivity contribution is -0.120. The molecule has 0 amide bonds. The van der Waals surface area contributed by atoms with Gasteiger partial charge in [-0.25, -0.2) is 0 Å². The molecule has 1 aromatic rings. The fourth-order valence-electron chi connectivity index (χ4n) is 1.58. The second kappa shape index (κ2) is 5.67. The van der Waals surface area contributed by atoms with Crippen LogP contribution in [0.25, 0.3) is 0 Å². The van der Waals surface area contributed by atoms with Crippen LogP contribution in [0.5, 0.6) is 0 Å². The molecule has 0 radical (unpaired) electrons. The predicted molar refractivity (Wildman–Crippen MR) is 68.6 cm³/mol. The Morgan fingerprint density at radius 1 is 1.37 bits per heavy atom. The summed E-state index contributed by atoms with van der Waals surface area (Å²) in [5, 5.41) is 36.7. The molecule has 0 aliphatic heterocycles. The predicted octanol–water partition coefficient (Wildman–Crippen LogP) is 0.0115. The van der Waals surface area contributed by atoms with Crippen LogP contribution in [0.2, 0.25) is 0 Å². The molecule has 1 unspecified atom stereocenters. The van der Waals surface area contributed by atoms with Crippen LogP contribution in [-0.2, 0) is 11.1 Å². The lowest BCUT2D eigenvalue weighted by Crippen LogP contribution is -2.54. The molecule has 0 fully saturated rings. The van der Waals surface area contributed by atoms with Crippen LogP contribution in [0.1, 0.15) is 32.0 Å². The first-order valence-electron chi connectivity index (χ1n) is 5.79. The van der Waals surface area contributed by atoms with Gasteiger partial charge in [-0.1, -0.05) is 0 Å². The van der Waals surface area contributed by atoms with Crippen molar-refractivity contribution in [1.29, 1.82) is 5.26 Å². The minimum atomic E-state index is -1.99. The molecule has 1 aromatic heterocycles. The van der Waals surface area contributed by atoms with Gasteiger partial charge in [-0.3, -0.25) is 4.98 Å². The standard InChI is InChI=1S/C12H17BN2O4/c1-11(2,16)12(3,19-13(17)18)6-10-5-4-9(7-14)8-15-10/h4-5,8,16-18H,6H2,1-3H3. The smallest absolute Gasteiger partial charge is 0.402 e. The number of hydrogen-bond donors (Lipinski definition) is 3. The quantitative estimate of drug-likeness (QED) is 0.647. The van der Waals surface area contributed by atoms with Crippen LogP contribution < -0.4 is 0 Å². The molecule has 0 saturated heterocycles. The van der Waals surface area contributed by atoms with Crippen LogP contribution in [0.15, 0.2) is 18.3 Å². The van der Waals surface area contributed by atoms with Crippen molar-refractivity contribution in [3.63, 3.8) is 0 Å². The van der Waals surface area contributed by atoms with E-state index in [1.165, 1.54) is 20.0 Å². The Kier molecular flexibility index (Phi) is 4.66. The third-order valence-electron chi connectivity index (χ3n) is 3.13. The van der Waals surface area contributed by atoms with Crippen molar-refractivity contribution in [2.75, 3.05) is 0 Å². The molecular weight excluding hydrogens is 247 g/mol. The molecule has 19 heavy (non-hydrogen) atoms. The number of nitrogens with zero attached hydrogens (tertiary/aromatic N) is 2. The number of rotatable bonds is 5. The molecule has 1 rings (SSSR count). The third kappa shape index (κ3) is 4.01. The number of aliphatic hydroxyl groups is 1. The van der Waals surface area contributed by atoms with Gasteiger partial charge in [-0.2, -0.15) is 5.26 Å². The van der Waals surface area contributed by atoms with E-state index in [1.807, 2.05) is 6.07 Å². The summed E-state index contributed by atoms with van der Waals surface area (Å²) in [6.07, 6.45) is 1.58. The highest BCUT2D eigenvalue weighted by Crippen LogP contribution is 2.29.